The van der Waals surface area contributed by atoms with Crippen molar-refractivity contribution in [2.75, 3.05) is 78.1 Å². The molecule has 0 aliphatic carbocycles. The zero-order chi connectivity index (χ0) is 36.6. The Kier molecular flexibility index (Phi) is 9.70. The van der Waals surface area contributed by atoms with Gasteiger partial charge in [0.1, 0.15) is 16.4 Å². The molecule has 1 aromatic heterocycles. The standard InChI is InChI=1S/C36H41N7O8S/c1-48-27-7-9-32(31(20-27)49-2)52(46,47)43-30-8-6-24(21-37)19-29(30)36(34(43)44,28-5-4-12-38-33(28)50-3)39-35(45)42-13-10-25(11-14-42)40-15-17-41(18-16-40)26-22-51-23-26/h4-9,12,19-20,25-26H,10-11,13-18,22-23H2,1-3H3,(H,39,45). The third-order valence-corrected chi connectivity index (χ3v) is 12.3. The van der Waals surface area contributed by atoms with E-state index in [0.717, 1.165) is 52.2 Å². The number of amides is 3. The minimum atomic E-state index is -4.70. The van der Waals surface area contributed by atoms with Crippen LogP contribution in [0.25, 0.3) is 0 Å². The van der Waals surface area contributed by atoms with Crippen LogP contribution in [0.3, 0.4) is 0 Å². The summed E-state index contributed by atoms with van der Waals surface area (Å²) in [6.45, 7) is 6.32. The van der Waals surface area contributed by atoms with Gasteiger partial charge in [0.2, 0.25) is 5.88 Å². The van der Waals surface area contributed by atoms with E-state index < -0.39 is 27.5 Å². The second-order valence-corrected chi connectivity index (χ2v) is 14.9. The number of aromatic nitrogens is 1. The van der Waals surface area contributed by atoms with Crippen LogP contribution < -0.4 is 23.8 Å². The van der Waals surface area contributed by atoms with E-state index in [1.807, 2.05) is 0 Å². The van der Waals surface area contributed by atoms with Crippen LogP contribution in [0.4, 0.5) is 10.5 Å². The van der Waals surface area contributed by atoms with Gasteiger partial charge in [0, 0.05) is 63.1 Å². The molecule has 7 rings (SSSR count). The monoisotopic (exact) mass is 731 g/mol. The number of carbonyl (C=O) groups is 2. The van der Waals surface area contributed by atoms with Gasteiger partial charge in [0.15, 0.2) is 5.54 Å². The Labute approximate surface area is 302 Å². The smallest absolute Gasteiger partial charge is 0.318 e. The molecular formula is C36H41N7O8S. The van der Waals surface area contributed by atoms with Gasteiger partial charge in [-0.15, -0.1) is 0 Å². The predicted molar refractivity (Wildman–Crippen MR) is 188 cm³/mol. The van der Waals surface area contributed by atoms with Gasteiger partial charge in [-0.25, -0.2) is 18.2 Å². The number of methoxy groups -OCH3 is 3. The average Bonchev–Trinajstić information content (AvgIpc) is 3.41. The Morgan fingerprint density at radius 1 is 0.923 bits per heavy atom. The molecule has 3 fully saturated rings. The van der Waals surface area contributed by atoms with Crippen LogP contribution in [-0.2, 0) is 25.1 Å². The number of hydrogen-bond donors (Lipinski definition) is 1. The summed E-state index contributed by atoms with van der Waals surface area (Å²) in [5.74, 6) is -0.708. The SMILES string of the molecule is COc1ccc(S(=O)(=O)N2C(=O)C(NC(=O)N3CCC(N4CCN(C5COC5)CC4)CC3)(c3cccnc3OC)c3cc(C#N)ccc32)c(OC)c1. The Bertz CT molecular complexity index is 2000. The number of pyridine rings is 1. The number of nitrogens with zero attached hydrogens (tertiary/aromatic N) is 6. The number of hydrogen-bond acceptors (Lipinski definition) is 12. The predicted octanol–water partition coefficient (Wildman–Crippen LogP) is 2.15. The van der Waals surface area contributed by atoms with Crippen molar-refractivity contribution >= 4 is 27.6 Å². The zero-order valence-electron chi connectivity index (χ0n) is 29.3. The summed E-state index contributed by atoms with van der Waals surface area (Å²) in [7, 11) is -0.582. The van der Waals surface area contributed by atoms with Crippen LogP contribution in [0.2, 0.25) is 0 Å². The molecule has 5 heterocycles. The van der Waals surface area contributed by atoms with Crippen LogP contribution >= 0.6 is 0 Å². The molecule has 0 radical (unpaired) electrons. The molecular weight excluding hydrogens is 691 g/mol. The minimum absolute atomic E-state index is 0.00273. The number of ether oxygens (including phenoxy) is 4. The number of nitrogens with one attached hydrogen (secondary N) is 1. The molecule has 2 aromatic carbocycles. The summed E-state index contributed by atoms with van der Waals surface area (Å²) in [5, 5.41) is 12.9. The van der Waals surface area contributed by atoms with Crippen LogP contribution in [0.1, 0.15) is 29.5 Å². The molecule has 16 heteroatoms. The topological polar surface area (TPSA) is 167 Å². The Morgan fingerprint density at radius 2 is 1.63 bits per heavy atom. The number of rotatable bonds is 9. The molecule has 1 atom stereocenters. The largest absolute Gasteiger partial charge is 0.497 e. The van der Waals surface area contributed by atoms with E-state index in [9.17, 15) is 18.5 Å². The molecule has 3 saturated heterocycles. The normalized spacial score (nSPS) is 21.6. The fraction of sp³-hybridized carbons (Fsp3) is 0.444. The fourth-order valence-corrected chi connectivity index (χ4v) is 9.25. The zero-order valence-corrected chi connectivity index (χ0v) is 30.1. The van der Waals surface area contributed by atoms with Gasteiger partial charge in [-0.1, -0.05) is 0 Å². The quantitative estimate of drug-likeness (QED) is 0.341. The van der Waals surface area contributed by atoms with Crippen LogP contribution in [-0.4, -0.2) is 126 Å². The highest BCUT2D eigenvalue weighted by molar-refractivity contribution is 7.93. The van der Waals surface area contributed by atoms with E-state index >= 15 is 4.79 Å². The summed E-state index contributed by atoms with van der Waals surface area (Å²) in [6, 6.07) is 13.8. The molecule has 0 bridgehead atoms. The van der Waals surface area contributed by atoms with E-state index in [0.29, 0.717) is 35.2 Å². The highest BCUT2D eigenvalue weighted by Gasteiger charge is 2.59. The molecule has 3 aromatic rings. The third-order valence-electron chi connectivity index (χ3n) is 10.6. The summed E-state index contributed by atoms with van der Waals surface area (Å²) >= 11 is 0. The van der Waals surface area contributed by atoms with E-state index in [4.69, 9.17) is 18.9 Å². The lowest BCUT2D eigenvalue weighted by atomic mass is 9.83. The van der Waals surface area contributed by atoms with Gasteiger partial charge in [0.25, 0.3) is 15.9 Å². The fourth-order valence-electron chi connectivity index (χ4n) is 7.65. The number of piperidine rings is 1. The number of piperazine rings is 1. The van der Waals surface area contributed by atoms with Crippen molar-refractivity contribution in [2.24, 2.45) is 0 Å². The second kappa shape index (κ2) is 14.2. The molecule has 1 N–H and O–H groups in total. The van der Waals surface area contributed by atoms with Gasteiger partial charge in [0.05, 0.1) is 63.5 Å². The van der Waals surface area contributed by atoms with Crippen molar-refractivity contribution < 1.29 is 37.0 Å². The van der Waals surface area contributed by atoms with Crippen molar-refractivity contribution in [3.05, 3.63) is 71.4 Å². The Hall–Kier alpha value is -4.95. The maximum Gasteiger partial charge on any atom is 0.318 e. The number of nitriles is 1. The number of anilines is 1. The Balaban J connectivity index is 1.24. The molecule has 274 valence electrons. The van der Waals surface area contributed by atoms with Crippen LogP contribution in [0, 0.1) is 11.3 Å². The lowest BCUT2D eigenvalue weighted by molar-refractivity contribution is -0.121. The lowest BCUT2D eigenvalue weighted by Gasteiger charge is -2.46. The van der Waals surface area contributed by atoms with E-state index in [-0.39, 0.29) is 38.9 Å². The van der Waals surface area contributed by atoms with Crippen molar-refractivity contribution in [1.29, 1.82) is 5.26 Å². The van der Waals surface area contributed by atoms with E-state index in [2.05, 4.69) is 26.2 Å². The highest BCUT2D eigenvalue weighted by Crippen LogP contribution is 2.50. The average molecular weight is 732 g/mol. The number of fused-ring (bicyclic) bond motifs is 1. The lowest BCUT2D eigenvalue weighted by Crippen LogP contribution is -2.61. The van der Waals surface area contributed by atoms with Crippen molar-refractivity contribution in [3.63, 3.8) is 0 Å². The molecule has 52 heavy (non-hydrogen) atoms. The number of sulfonamides is 1. The molecule has 3 amide bonds. The van der Waals surface area contributed by atoms with Gasteiger partial charge >= 0.3 is 6.03 Å². The first-order valence-corrected chi connectivity index (χ1v) is 18.6. The number of benzene rings is 2. The number of likely N-dealkylation sites (tertiary alicyclic amines) is 1. The van der Waals surface area contributed by atoms with Gasteiger partial charge in [-0.05, 0) is 55.3 Å². The number of carbonyl (C=O) groups excluding carboxylic acids is 2. The molecule has 4 aliphatic rings. The maximum atomic E-state index is 15.1. The van der Waals surface area contributed by atoms with Crippen molar-refractivity contribution in [1.82, 2.24) is 25.0 Å². The molecule has 1 unspecified atom stereocenters. The van der Waals surface area contributed by atoms with Crippen molar-refractivity contribution in [2.45, 2.75) is 35.4 Å². The first-order valence-electron chi connectivity index (χ1n) is 17.1. The van der Waals surface area contributed by atoms with Crippen LogP contribution in [0.15, 0.2) is 59.6 Å². The second-order valence-electron chi connectivity index (χ2n) is 13.2. The summed E-state index contributed by atoms with van der Waals surface area (Å²) in [6.07, 6.45) is 2.94. The summed E-state index contributed by atoms with van der Waals surface area (Å²) in [5.41, 5.74) is -1.85. The van der Waals surface area contributed by atoms with E-state index in [1.54, 1.807) is 17.0 Å². The van der Waals surface area contributed by atoms with Gasteiger partial charge < -0.3 is 29.2 Å². The third kappa shape index (κ3) is 5.97. The highest BCUT2D eigenvalue weighted by atomic mass is 32.2. The van der Waals surface area contributed by atoms with Gasteiger partial charge in [-0.3, -0.25) is 14.6 Å². The first-order chi connectivity index (χ1) is 25.2. The van der Waals surface area contributed by atoms with E-state index in [1.165, 1.54) is 63.9 Å². The summed E-state index contributed by atoms with van der Waals surface area (Å²) < 4.78 is 51.5. The molecule has 15 nitrogen and oxygen atoms in total. The maximum absolute atomic E-state index is 15.1. The molecule has 0 spiro atoms. The van der Waals surface area contributed by atoms with Crippen LogP contribution in [0.5, 0.6) is 17.4 Å². The van der Waals surface area contributed by atoms with Crippen molar-refractivity contribution in [3.8, 4) is 23.4 Å². The Morgan fingerprint density at radius 3 is 2.25 bits per heavy atom. The minimum Gasteiger partial charge on any atom is -0.497 e. The molecule has 0 saturated carbocycles. The summed E-state index contributed by atoms with van der Waals surface area (Å²) in [4.78, 5) is 40.1. The number of urea groups is 1. The molecule has 4 aliphatic heterocycles. The van der Waals surface area contributed by atoms with Gasteiger partial charge in [-0.2, -0.15) is 9.57 Å². The first kappa shape index (κ1) is 35.5.